The standard InChI is InChI=1S/C31H38O9/c1-10-35-25-21(14-16-23(27(25)37-12-3)39-29(33)19(5)6)31(9,18-32)22-15-17-24(40-30(34)20(7)8)28(38-13-4)26(22)36-11-2/h14-18H,5,7,10-13H2,1-4,6,8-9H3. The minimum atomic E-state index is -1.37. The van der Waals surface area contributed by atoms with Gasteiger partial charge in [-0.1, -0.05) is 13.2 Å². The van der Waals surface area contributed by atoms with Crippen LogP contribution in [0.5, 0.6) is 34.5 Å². The molecule has 0 unspecified atom stereocenters. The van der Waals surface area contributed by atoms with Crippen molar-refractivity contribution in [3.05, 3.63) is 59.7 Å². The van der Waals surface area contributed by atoms with Gasteiger partial charge < -0.3 is 33.2 Å². The van der Waals surface area contributed by atoms with Gasteiger partial charge in [-0.15, -0.1) is 0 Å². The maximum Gasteiger partial charge on any atom is 0.338 e. The molecule has 0 fully saturated rings. The van der Waals surface area contributed by atoms with Gasteiger partial charge in [-0.2, -0.15) is 0 Å². The molecule has 2 rings (SSSR count). The zero-order chi connectivity index (χ0) is 30.0. The second-order valence-electron chi connectivity index (χ2n) is 8.93. The molecule has 2 aromatic rings. The van der Waals surface area contributed by atoms with Crippen LogP contribution in [-0.4, -0.2) is 44.7 Å². The first-order chi connectivity index (χ1) is 19.0. The van der Waals surface area contributed by atoms with Crippen molar-refractivity contribution in [1.82, 2.24) is 0 Å². The van der Waals surface area contributed by atoms with E-state index >= 15 is 0 Å². The van der Waals surface area contributed by atoms with Crippen molar-refractivity contribution >= 4 is 18.2 Å². The van der Waals surface area contributed by atoms with Gasteiger partial charge in [-0.05, 0) is 72.7 Å². The van der Waals surface area contributed by atoms with Crippen LogP contribution in [0, 0.1) is 0 Å². The summed E-state index contributed by atoms with van der Waals surface area (Å²) in [6.07, 6.45) is 0.757. The van der Waals surface area contributed by atoms with Gasteiger partial charge in [-0.3, -0.25) is 0 Å². The summed E-state index contributed by atoms with van der Waals surface area (Å²) >= 11 is 0. The molecule has 0 saturated carbocycles. The van der Waals surface area contributed by atoms with Crippen molar-refractivity contribution in [3.8, 4) is 34.5 Å². The van der Waals surface area contributed by atoms with Crippen LogP contribution >= 0.6 is 0 Å². The number of aldehydes is 1. The van der Waals surface area contributed by atoms with Gasteiger partial charge in [0.1, 0.15) is 6.29 Å². The van der Waals surface area contributed by atoms with Crippen molar-refractivity contribution in [2.75, 3.05) is 26.4 Å². The highest BCUT2D eigenvalue weighted by Gasteiger charge is 2.39. The van der Waals surface area contributed by atoms with Crippen molar-refractivity contribution in [3.63, 3.8) is 0 Å². The molecule has 0 aliphatic rings. The van der Waals surface area contributed by atoms with E-state index in [1.165, 1.54) is 26.0 Å². The Morgan fingerprint density at radius 1 is 0.675 bits per heavy atom. The number of hydrogen-bond acceptors (Lipinski definition) is 9. The quantitative estimate of drug-likeness (QED) is 0.118. The summed E-state index contributed by atoms with van der Waals surface area (Å²) in [6.45, 7) is 20.1. The summed E-state index contributed by atoms with van der Waals surface area (Å²) in [7, 11) is 0. The number of esters is 2. The highest BCUT2D eigenvalue weighted by atomic mass is 16.6. The van der Waals surface area contributed by atoms with E-state index in [0.717, 1.165) is 6.29 Å². The molecule has 0 bridgehead atoms. The van der Waals surface area contributed by atoms with Gasteiger partial charge in [0.25, 0.3) is 0 Å². The fourth-order valence-corrected chi connectivity index (χ4v) is 3.85. The lowest BCUT2D eigenvalue weighted by atomic mass is 9.76. The van der Waals surface area contributed by atoms with Crippen LogP contribution in [0.25, 0.3) is 0 Å². The van der Waals surface area contributed by atoms with Crippen molar-refractivity contribution < 1.29 is 42.8 Å². The maximum atomic E-state index is 13.0. The van der Waals surface area contributed by atoms with E-state index in [4.69, 9.17) is 28.4 Å². The topological polar surface area (TPSA) is 107 Å². The molecule has 9 nitrogen and oxygen atoms in total. The lowest BCUT2D eigenvalue weighted by molar-refractivity contribution is -0.131. The number of benzene rings is 2. The summed E-state index contributed by atoms with van der Waals surface area (Å²) in [5.74, 6) is -0.231. The third-order valence-corrected chi connectivity index (χ3v) is 5.76. The van der Waals surface area contributed by atoms with Gasteiger partial charge in [0.15, 0.2) is 23.0 Å². The van der Waals surface area contributed by atoms with Crippen LogP contribution in [0.1, 0.15) is 59.6 Å². The van der Waals surface area contributed by atoms with E-state index < -0.39 is 17.4 Å². The Labute approximate surface area is 235 Å². The van der Waals surface area contributed by atoms with Crippen molar-refractivity contribution in [2.45, 2.75) is 53.9 Å². The molecule has 2 aromatic carbocycles. The fourth-order valence-electron chi connectivity index (χ4n) is 3.85. The number of rotatable bonds is 15. The maximum absolute atomic E-state index is 13.0. The Bertz CT molecular complexity index is 1180. The number of carbonyl (C=O) groups is 3. The molecule has 40 heavy (non-hydrogen) atoms. The van der Waals surface area contributed by atoms with Gasteiger partial charge >= 0.3 is 11.9 Å². The first kappa shape index (κ1) is 31.9. The van der Waals surface area contributed by atoms with E-state index in [0.29, 0.717) is 11.1 Å². The summed E-state index contributed by atoms with van der Waals surface area (Å²) in [5, 5.41) is 0. The van der Waals surface area contributed by atoms with E-state index in [1.807, 2.05) is 0 Å². The Kier molecular flexibility index (Phi) is 11.3. The second-order valence-corrected chi connectivity index (χ2v) is 8.93. The number of hydrogen-bond donors (Lipinski definition) is 0. The van der Waals surface area contributed by atoms with Gasteiger partial charge in [0.2, 0.25) is 11.5 Å². The molecule has 0 radical (unpaired) electrons. The van der Waals surface area contributed by atoms with Crippen molar-refractivity contribution in [2.24, 2.45) is 0 Å². The summed E-state index contributed by atoms with van der Waals surface area (Å²) < 4.78 is 34.8. The summed E-state index contributed by atoms with van der Waals surface area (Å²) in [5.41, 5.74) is -0.101. The average molecular weight is 555 g/mol. The molecule has 0 aliphatic heterocycles. The van der Waals surface area contributed by atoms with E-state index in [2.05, 4.69) is 13.2 Å². The second kappa shape index (κ2) is 14.2. The molecular formula is C31H38O9. The third-order valence-electron chi connectivity index (χ3n) is 5.76. The normalized spacial score (nSPS) is 10.8. The molecule has 0 aromatic heterocycles. The Balaban J connectivity index is 2.90. The molecular weight excluding hydrogens is 516 g/mol. The van der Waals surface area contributed by atoms with Crippen LogP contribution in [0.15, 0.2) is 48.6 Å². The Hall–Kier alpha value is -4.27. The summed E-state index contributed by atoms with van der Waals surface area (Å²) in [6, 6.07) is 6.35. The molecule has 0 spiro atoms. The average Bonchev–Trinajstić information content (AvgIpc) is 2.91. The molecule has 0 saturated heterocycles. The molecule has 0 aliphatic carbocycles. The van der Waals surface area contributed by atoms with Crippen LogP contribution in [0.3, 0.4) is 0 Å². The van der Waals surface area contributed by atoms with Crippen LogP contribution in [0.4, 0.5) is 0 Å². The van der Waals surface area contributed by atoms with E-state index in [-0.39, 0.29) is 72.1 Å². The Morgan fingerprint density at radius 2 is 1.00 bits per heavy atom. The highest BCUT2D eigenvalue weighted by molar-refractivity contribution is 5.90. The first-order valence-electron chi connectivity index (χ1n) is 13.1. The lowest BCUT2D eigenvalue weighted by Gasteiger charge is -2.31. The summed E-state index contributed by atoms with van der Waals surface area (Å²) in [4.78, 5) is 37.6. The zero-order valence-corrected chi connectivity index (χ0v) is 24.3. The lowest BCUT2D eigenvalue weighted by Crippen LogP contribution is -2.28. The van der Waals surface area contributed by atoms with Gasteiger partial charge in [-0.25, -0.2) is 9.59 Å². The van der Waals surface area contributed by atoms with Gasteiger partial charge in [0.05, 0.1) is 31.8 Å². The highest BCUT2D eigenvalue weighted by Crippen LogP contribution is 2.51. The van der Waals surface area contributed by atoms with Crippen LogP contribution in [0.2, 0.25) is 0 Å². The molecule has 216 valence electrons. The van der Waals surface area contributed by atoms with Gasteiger partial charge in [0, 0.05) is 22.3 Å². The van der Waals surface area contributed by atoms with Crippen LogP contribution in [-0.2, 0) is 19.8 Å². The third kappa shape index (κ3) is 6.83. The molecule has 0 N–H and O–H groups in total. The van der Waals surface area contributed by atoms with Crippen LogP contribution < -0.4 is 28.4 Å². The Morgan fingerprint density at radius 3 is 1.27 bits per heavy atom. The minimum absolute atomic E-state index is 0.123. The van der Waals surface area contributed by atoms with E-state index in [1.54, 1.807) is 46.8 Å². The molecule has 0 atom stereocenters. The predicted molar refractivity (Wildman–Crippen MR) is 151 cm³/mol. The van der Waals surface area contributed by atoms with E-state index in [9.17, 15) is 14.4 Å². The molecule has 0 amide bonds. The zero-order valence-electron chi connectivity index (χ0n) is 24.3. The SMILES string of the molecule is C=C(C)C(=O)Oc1ccc(C(C)(C=O)c2ccc(OC(=O)C(=C)C)c(OCC)c2OCC)c(OCC)c1OCC. The predicted octanol–water partition coefficient (Wildman–Crippen LogP) is 5.75. The number of carbonyl (C=O) groups excluding carboxylic acids is 3. The smallest absolute Gasteiger partial charge is 0.338 e. The molecule has 0 heterocycles. The fraction of sp³-hybridized carbons (Fsp3) is 0.387. The number of ether oxygens (including phenoxy) is 6. The molecule has 9 heteroatoms. The minimum Gasteiger partial charge on any atom is -0.489 e. The van der Waals surface area contributed by atoms with Crippen molar-refractivity contribution in [1.29, 1.82) is 0 Å². The monoisotopic (exact) mass is 554 g/mol. The largest absolute Gasteiger partial charge is 0.489 e. The first-order valence-corrected chi connectivity index (χ1v) is 13.1.